The first kappa shape index (κ1) is 58.4. The third-order valence-corrected chi connectivity index (χ3v) is 33.9. The van der Waals surface area contributed by atoms with E-state index in [1.165, 1.54) is 43.2 Å². The predicted octanol–water partition coefficient (Wildman–Crippen LogP) is 11.1. The maximum atomic E-state index is 18.2. The number of carbonyl (C=O) groups excluding carboxylic acids is 3. The van der Waals surface area contributed by atoms with E-state index in [0.717, 1.165) is 109 Å². The van der Waals surface area contributed by atoms with Gasteiger partial charge >= 0.3 is 11.9 Å². The van der Waals surface area contributed by atoms with Gasteiger partial charge < -0.3 is 43.6 Å². The van der Waals surface area contributed by atoms with E-state index >= 15 is 19.5 Å². The number of cyclic esters (lactones) is 1. The molecule has 4 N–H and O–H groups in total. The molecule has 8 heterocycles. The smallest absolute Gasteiger partial charge is 0.339 e. The number of hydrogen-bond donors (Lipinski definition) is 4. The predicted molar refractivity (Wildman–Crippen MR) is 346 cm³/mol. The van der Waals surface area contributed by atoms with E-state index in [-0.39, 0.29) is 77.0 Å². The van der Waals surface area contributed by atoms with Gasteiger partial charge in [-0.15, -0.1) is 0 Å². The summed E-state index contributed by atoms with van der Waals surface area (Å²) in [4.78, 5) is 53.5. The lowest BCUT2D eigenvalue weighted by atomic mass is 9.28. The summed E-state index contributed by atoms with van der Waals surface area (Å²) < 4.78 is 38.5. The molecule has 498 valence electrons. The number of aliphatic hydroxyl groups is 3. The van der Waals surface area contributed by atoms with E-state index in [1.807, 2.05) is 6.07 Å². The van der Waals surface area contributed by atoms with E-state index in [4.69, 9.17) is 23.4 Å². The Balaban J connectivity index is 0.796. The summed E-state index contributed by atoms with van der Waals surface area (Å²) in [6.07, 6.45) is 32.1. The van der Waals surface area contributed by atoms with Crippen LogP contribution < -0.4 is 5.32 Å². The Kier molecular flexibility index (Phi) is 12.0. The third kappa shape index (κ3) is 6.57. The minimum Gasteiger partial charge on any atom is -0.469 e. The average Bonchev–Trinajstić information content (AvgIpc) is 1.41. The molecule has 2 aromatic rings. The van der Waals surface area contributed by atoms with Crippen LogP contribution in [-0.2, 0) is 51.8 Å². The van der Waals surface area contributed by atoms with Crippen LogP contribution in [0.25, 0.3) is 0 Å². The number of hydrogen-bond acceptors (Lipinski definition) is 13. The van der Waals surface area contributed by atoms with Crippen molar-refractivity contribution in [3.63, 3.8) is 0 Å². The molecule has 8 spiro atoms. The monoisotopic (exact) mass is 1270 g/mol. The van der Waals surface area contributed by atoms with Crippen LogP contribution in [0.2, 0.25) is 0 Å². The topological polar surface area (TPSA) is 181 Å². The first-order valence-corrected chi connectivity index (χ1v) is 38.0. The molecular formula is C81H98N2O11. The van der Waals surface area contributed by atoms with Gasteiger partial charge in [-0.05, 0) is 221 Å². The van der Waals surface area contributed by atoms with Gasteiger partial charge in [0.1, 0.15) is 29.7 Å². The van der Waals surface area contributed by atoms with E-state index in [9.17, 15) is 10.2 Å². The van der Waals surface area contributed by atoms with Crippen molar-refractivity contribution in [3.05, 3.63) is 95.6 Å². The van der Waals surface area contributed by atoms with Crippen molar-refractivity contribution in [2.75, 3.05) is 26.4 Å². The fourth-order valence-electron chi connectivity index (χ4n) is 31.3. The van der Waals surface area contributed by atoms with Crippen LogP contribution in [0, 0.1) is 139 Å². The number of Topliss-reactive ketones (excluding diaryl/α,β-unsaturated/α-hetero) is 1. The molecule has 10 saturated carbocycles. The molecule has 29 unspecified atom stereocenters. The normalized spacial score (nSPS) is 53.5. The van der Waals surface area contributed by atoms with E-state index in [1.54, 1.807) is 6.26 Å². The number of fused-ring (bicyclic) bond motifs is 6. The highest BCUT2D eigenvalue weighted by Gasteiger charge is 3.00. The molecule has 15 fully saturated rings. The first-order valence-electron chi connectivity index (χ1n) is 38.0. The quantitative estimate of drug-likeness (QED) is 0.0849. The number of ketones is 1. The molecule has 29 atom stereocenters. The van der Waals surface area contributed by atoms with Gasteiger partial charge in [-0.1, -0.05) is 106 Å². The molecule has 7 aliphatic heterocycles. The van der Waals surface area contributed by atoms with Gasteiger partial charge in [0.2, 0.25) is 0 Å². The average molecular weight is 1280 g/mol. The van der Waals surface area contributed by atoms with Crippen molar-refractivity contribution < 1.29 is 53.1 Å². The fraction of sp³-hybridized carbons (Fsp3) is 0.741. The minimum atomic E-state index is -1.58. The van der Waals surface area contributed by atoms with Crippen LogP contribution >= 0.6 is 0 Å². The van der Waals surface area contributed by atoms with Crippen LogP contribution in [-0.4, -0.2) is 106 Å². The number of carbonyl (C=O) groups is 3. The van der Waals surface area contributed by atoms with Crippen molar-refractivity contribution in [1.82, 2.24) is 10.2 Å². The second-order valence-corrected chi connectivity index (χ2v) is 36.2. The molecule has 21 rings (SSSR count). The van der Waals surface area contributed by atoms with Crippen LogP contribution in [0.15, 0.2) is 83.2 Å². The molecule has 0 radical (unpaired) electrons. The van der Waals surface area contributed by atoms with Gasteiger partial charge in [0, 0.05) is 52.7 Å². The molecule has 19 aliphatic rings. The number of furan rings is 1. The summed E-state index contributed by atoms with van der Waals surface area (Å²) in [7, 11) is 0. The van der Waals surface area contributed by atoms with Crippen molar-refractivity contribution >= 4 is 17.7 Å². The summed E-state index contributed by atoms with van der Waals surface area (Å²) in [5.41, 5.74) is -6.42. The molecule has 12 aliphatic carbocycles. The van der Waals surface area contributed by atoms with Crippen molar-refractivity contribution in [3.8, 4) is 11.8 Å². The molecule has 9 bridgehead atoms. The van der Waals surface area contributed by atoms with Crippen LogP contribution in [0.1, 0.15) is 172 Å². The standard InChI is InChI=1S/C81H98N2O11/c1-45-55-15-8-13-48(55)20-28-74(45)25-10-26-77-63(74)35-53-34-54-39-73(23-6-7-24-73)42-75(54)38-52-37-72(2)78(58-22-30-90-62(58)36-57(61(85)41-84)50-18-19-56-51(33-50)21-29-83-44-82-40-60(56)83)27-9-14-49-17-16-47(31-46-11-4-3-5-12-46)32-59(49)79(81(72)69(92-81)71(89)93-78)65(52)76(66(77)64(86)68(79)87)43-91-70(88)67(75)80(53,76)94-77/h3-5,10-12,21-22,25,29-30,35,45,47-52,54-57,59-61,63,65-69,82,84-85,87H,6-8,13,15-20,23-24,26-28,31-34,36-44H2,1-2H3. The number of esters is 2. The van der Waals surface area contributed by atoms with Gasteiger partial charge in [-0.25, -0.2) is 4.79 Å². The SMILES string of the molecule is CC1C2CCCC2CCC12C=CCC13OC45C(=CC21)CC1CC2(CCCC2)CC12CC1CC6(C)C7(c8ccoc8CC(C(O)CO)C8CCC9C(C=CN%10CNCC9%10)C8)CC#CC8CCC(Cc9ccccc9)CC8C8(C(O)C(=O)C3C4(COC(=O)C25)C18)C61OC1C(=O)O7. The zero-order valence-corrected chi connectivity index (χ0v) is 55.3. The lowest BCUT2D eigenvalue weighted by Crippen LogP contribution is -2.84. The number of aliphatic hydroxyl groups excluding tert-OH is 3. The molecule has 94 heavy (non-hydrogen) atoms. The second kappa shape index (κ2) is 19.3. The molecular weight excluding hydrogens is 1180 g/mol. The molecule has 1 aromatic heterocycles. The first-order chi connectivity index (χ1) is 45.6. The van der Waals surface area contributed by atoms with Gasteiger partial charge in [-0.2, -0.15) is 0 Å². The van der Waals surface area contributed by atoms with Crippen molar-refractivity contribution in [2.45, 2.75) is 215 Å². The molecule has 1 aromatic carbocycles. The number of allylic oxidation sites excluding steroid dienone is 2. The number of rotatable bonds is 8. The Bertz CT molecular complexity index is 3750. The highest BCUT2D eigenvalue weighted by atomic mass is 16.7. The summed E-state index contributed by atoms with van der Waals surface area (Å²) in [5, 5.41) is 42.3. The summed E-state index contributed by atoms with van der Waals surface area (Å²) in [5.74, 6) is 7.29. The van der Waals surface area contributed by atoms with E-state index in [0.29, 0.717) is 67.1 Å². The number of benzene rings is 1. The Morgan fingerprint density at radius 2 is 1.78 bits per heavy atom. The lowest BCUT2D eigenvalue weighted by Gasteiger charge is -2.74. The zero-order chi connectivity index (χ0) is 63.1. The maximum absolute atomic E-state index is 18.2. The Morgan fingerprint density at radius 3 is 2.64 bits per heavy atom. The van der Waals surface area contributed by atoms with Crippen LogP contribution in [0.5, 0.6) is 0 Å². The Hall–Kier alpha value is -4.55. The van der Waals surface area contributed by atoms with Gasteiger partial charge in [0.25, 0.3) is 0 Å². The molecule has 13 heteroatoms. The van der Waals surface area contributed by atoms with Crippen molar-refractivity contribution in [2.24, 2.45) is 127 Å². The second-order valence-electron chi connectivity index (χ2n) is 36.2. The minimum absolute atomic E-state index is 0.0292. The molecule has 0 amide bonds. The summed E-state index contributed by atoms with van der Waals surface area (Å²) in [6, 6.07) is 13.3. The maximum Gasteiger partial charge on any atom is 0.339 e. The number of epoxide rings is 1. The van der Waals surface area contributed by atoms with E-state index in [2.05, 4.69) is 96.7 Å². The highest BCUT2D eigenvalue weighted by molar-refractivity contribution is 5.94. The Morgan fingerprint density at radius 1 is 0.904 bits per heavy atom. The van der Waals surface area contributed by atoms with Gasteiger partial charge in [-0.3, -0.25) is 14.9 Å². The van der Waals surface area contributed by atoms with Gasteiger partial charge in [0.05, 0.1) is 54.9 Å². The summed E-state index contributed by atoms with van der Waals surface area (Å²) >= 11 is 0. The third-order valence-electron chi connectivity index (χ3n) is 33.9. The Labute approximate surface area is 554 Å². The fourth-order valence-corrected chi connectivity index (χ4v) is 31.3. The molecule has 5 saturated heterocycles. The summed E-state index contributed by atoms with van der Waals surface area (Å²) in [6.45, 7) is 6.33. The van der Waals surface area contributed by atoms with Gasteiger partial charge in [0.15, 0.2) is 17.5 Å². The van der Waals surface area contributed by atoms with Crippen LogP contribution in [0.3, 0.4) is 0 Å². The number of ether oxygens (including phenoxy) is 4. The van der Waals surface area contributed by atoms with E-state index < -0.39 is 98.6 Å². The largest absolute Gasteiger partial charge is 0.469 e. The number of nitrogens with zero attached hydrogens (tertiary/aromatic N) is 1. The zero-order valence-electron chi connectivity index (χ0n) is 55.3. The molecule has 13 nitrogen and oxygen atoms in total. The van der Waals surface area contributed by atoms with Crippen molar-refractivity contribution in [1.29, 1.82) is 0 Å². The highest BCUT2D eigenvalue weighted by Crippen LogP contribution is 2.92. The van der Waals surface area contributed by atoms with Crippen LogP contribution in [0.4, 0.5) is 0 Å². The number of nitrogens with one attached hydrogen (secondary N) is 1. The lowest BCUT2D eigenvalue weighted by molar-refractivity contribution is -0.315.